The summed E-state index contributed by atoms with van der Waals surface area (Å²) in [6.45, 7) is -0.469. The van der Waals surface area contributed by atoms with Crippen LogP contribution in [0.5, 0.6) is 5.75 Å². The summed E-state index contributed by atoms with van der Waals surface area (Å²) in [6, 6.07) is 5.66. The summed E-state index contributed by atoms with van der Waals surface area (Å²) in [7, 11) is -2.32. The van der Waals surface area contributed by atoms with Gasteiger partial charge in [0.25, 0.3) is 0 Å². The summed E-state index contributed by atoms with van der Waals surface area (Å²) in [5, 5.41) is 9.10. The lowest BCUT2D eigenvalue weighted by Gasteiger charge is -2.09. The van der Waals surface area contributed by atoms with Crippen LogP contribution in [0.1, 0.15) is 0 Å². The number of aliphatic hydroxyl groups excluding tert-OH is 1. The molecule has 7 nitrogen and oxygen atoms in total. The van der Waals surface area contributed by atoms with Crippen LogP contribution in [0.25, 0.3) is 0 Å². The van der Waals surface area contributed by atoms with Gasteiger partial charge in [-0.2, -0.15) is 0 Å². The van der Waals surface area contributed by atoms with Gasteiger partial charge in [-0.15, -0.1) is 0 Å². The van der Waals surface area contributed by atoms with Gasteiger partial charge in [0.15, 0.2) is 0 Å². The van der Waals surface area contributed by atoms with Crippen molar-refractivity contribution < 1.29 is 23.1 Å². The van der Waals surface area contributed by atoms with Gasteiger partial charge >= 0.3 is 0 Å². The largest absolute Gasteiger partial charge is 0.497 e. The average Bonchev–Trinajstić information content (AvgIpc) is 2.36. The maximum absolute atomic E-state index is 11.7. The molecule has 0 aliphatic rings. The molecule has 0 bridgehead atoms. The first-order chi connectivity index (χ1) is 8.36. The lowest BCUT2D eigenvalue weighted by atomic mass is 10.3. The van der Waals surface area contributed by atoms with E-state index in [9.17, 15) is 13.2 Å². The summed E-state index contributed by atoms with van der Waals surface area (Å²) in [4.78, 5) is 10.6. The van der Waals surface area contributed by atoms with Crippen molar-refractivity contribution in [3.05, 3.63) is 24.3 Å². The predicted octanol–water partition coefficient (Wildman–Crippen LogP) is -1.18. The molecule has 0 heterocycles. The zero-order valence-electron chi connectivity index (χ0n) is 9.66. The second kappa shape index (κ2) is 5.80. The highest BCUT2D eigenvalue weighted by Crippen LogP contribution is 2.15. The lowest BCUT2D eigenvalue weighted by molar-refractivity contribution is -0.125. The standard InChI is InChI=1S/C10H14N2O5S/c1-17-7-2-4-8(5-3-7)18(15,16)12-6-9(13)10(11)14/h2-5,9,12-13H,6H2,1H3,(H2,11,14). The number of carbonyl (C=O) groups excluding carboxylic acids is 1. The molecule has 0 fully saturated rings. The Morgan fingerprint density at radius 1 is 1.44 bits per heavy atom. The minimum Gasteiger partial charge on any atom is -0.497 e. The molecule has 0 aliphatic carbocycles. The minimum atomic E-state index is -3.79. The van der Waals surface area contributed by atoms with E-state index < -0.39 is 28.6 Å². The van der Waals surface area contributed by atoms with Crippen LogP contribution in [0.15, 0.2) is 29.2 Å². The molecule has 1 aromatic carbocycles. The molecule has 1 aromatic rings. The van der Waals surface area contributed by atoms with Gasteiger partial charge in [-0.3, -0.25) is 4.79 Å². The van der Waals surface area contributed by atoms with E-state index in [-0.39, 0.29) is 4.90 Å². The fourth-order valence-corrected chi connectivity index (χ4v) is 2.17. The van der Waals surface area contributed by atoms with E-state index in [0.29, 0.717) is 5.75 Å². The summed E-state index contributed by atoms with van der Waals surface area (Å²) in [5.74, 6) is -0.474. The van der Waals surface area contributed by atoms with Crippen LogP contribution >= 0.6 is 0 Å². The van der Waals surface area contributed by atoms with Gasteiger partial charge in [0, 0.05) is 6.54 Å². The van der Waals surface area contributed by atoms with E-state index in [0.717, 1.165) is 0 Å². The van der Waals surface area contributed by atoms with Gasteiger partial charge in [0.05, 0.1) is 12.0 Å². The molecule has 4 N–H and O–H groups in total. The van der Waals surface area contributed by atoms with Crippen molar-refractivity contribution in [2.45, 2.75) is 11.0 Å². The van der Waals surface area contributed by atoms with Gasteiger partial charge < -0.3 is 15.6 Å². The minimum absolute atomic E-state index is 0.0000274. The molecule has 0 aliphatic heterocycles. The van der Waals surface area contributed by atoms with Crippen molar-refractivity contribution in [3.63, 3.8) is 0 Å². The number of carbonyl (C=O) groups is 1. The molecular weight excluding hydrogens is 260 g/mol. The number of primary amides is 1. The molecule has 0 saturated heterocycles. The van der Waals surface area contributed by atoms with E-state index in [1.54, 1.807) is 0 Å². The number of methoxy groups -OCH3 is 1. The van der Waals surface area contributed by atoms with Crippen molar-refractivity contribution in [2.75, 3.05) is 13.7 Å². The van der Waals surface area contributed by atoms with Crippen LogP contribution in [-0.2, 0) is 14.8 Å². The number of sulfonamides is 1. The van der Waals surface area contributed by atoms with E-state index in [1.165, 1.54) is 31.4 Å². The molecule has 0 saturated carbocycles. The molecule has 1 amide bonds. The van der Waals surface area contributed by atoms with Gasteiger partial charge in [0.2, 0.25) is 15.9 Å². The maximum Gasteiger partial charge on any atom is 0.247 e. The van der Waals surface area contributed by atoms with Crippen molar-refractivity contribution in [2.24, 2.45) is 5.73 Å². The van der Waals surface area contributed by atoms with Crippen molar-refractivity contribution in [1.29, 1.82) is 0 Å². The van der Waals surface area contributed by atoms with Crippen molar-refractivity contribution in [3.8, 4) is 5.75 Å². The maximum atomic E-state index is 11.7. The van der Waals surface area contributed by atoms with Gasteiger partial charge in [-0.1, -0.05) is 0 Å². The third-order valence-corrected chi connectivity index (χ3v) is 3.60. The average molecular weight is 274 g/mol. The Balaban J connectivity index is 2.76. The Bertz CT molecular complexity index is 512. The smallest absolute Gasteiger partial charge is 0.247 e. The molecular formula is C10H14N2O5S. The summed E-state index contributed by atoms with van der Waals surface area (Å²) in [6.07, 6.45) is -1.56. The Hall–Kier alpha value is -1.64. The first kappa shape index (κ1) is 14.4. The Morgan fingerprint density at radius 2 is 2.00 bits per heavy atom. The van der Waals surface area contributed by atoms with Crippen LogP contribution < -0.4 is 15.2 Å². The topological polar surface area (TPSA) is 119 Å². The summed E-state index contributed by atoms with van der Waals surface area (Å²) in [5.41, 5.74) is 4.80. The Kier molecular flexibility index (Phi) is 4.65. The Labute approximate surface area is 105 Å². The molecule has 8 heteroatoms. The number of rotatable bonds is 6. The summed E-state index contributed by atoms with van der Waals surface area (Å²) < 4.78 is 30.5. The van der Waals surface area contributed by atoms with Crippen LogP contribution in [0.2, 0.25) is 0 Å². The molecule has 1 rings (SSSR count). The normalized spacial score (nSPS) is 13.0. The monoisotopic (exact) mass is 274 g/mol. The number of hydrogen-bond acceptors (Lipinski definition) is 5. The number of aliphatic hydroxyl groups is 1. The highest BCUT2D eigenvalue weighted by atomic mass is 32.2. The molecule has 0 radical (unpaired) electrons. The Morgan fingerprint density at radius 3 is 2.44 bits per heavy atom. The first-order valence-corrected chi connectivity index (χ1v) is 6.46. The fourth-order valence-electron chi connectivity index (χ4n) is 1.13. The highest BCUT2D eigenvalue weighted by molar-refractivity contribution is 7.89. The molecule has 100 valence electrons. The van der Waals surface area contributed by atoms with Gasteiger partial charge in [-0.05, 0) is 24.3 Å². The molecule has 1 unspecified atom stereocenters. The van der Waals surface area contributed by atoms with Gasteiger partial charge in [0.1, 0.15) is 11.9 Å². The van der Waals surface area contributed by atoms with Crippen LogP contribution in [0, 0.1) is 0 Å². The van der Waals surface area contributed by atoms with E-state index in [2.05, 4.69) is 4.72 Å². The lowest BCUT2D eigenvalue weighted by Crippen LogP contribution is -2.39. The number of nitrogens with one attached hydrogen (secondary N) is 1. The summed E-state index contributed by atoms with van der Waals surface area (Å²) >= 11 is 0. The number of benzene rings is 1. The third kappa shape index (κ3) is 3.69. The van der Waals surface area contributed by atoms with Crippen molar-refractivity contribution in [1.82, 2.24) is 4.72 Å². The molecule has 18 heavy (non-hydrogen) atoms. The second-order valence-corrected chi connectivity index (χ2v) is 5.21. The van der Waals surface area contributed by atoms with E-state index in [1.807, 2.05) is 0 Å². The predicted molar refractivity (Wildman–Crippen MR) is 63.4 cm³/mol. The molecule has 1 atom stereocenters. The number of ether oxygens (including phenoxy) is 1. The number of nitrogens with two attached hydrogens (primary N) is 1. The first-order valence-electron chi connectivity index (χ1n) is 4.98. The number of amides is 1. The molecule has 0 aromatic heterocycles. The van der Waals surface area contributed by atoms with Gasteiger partial charge in [-0.25, -0.2) is 13.1 Å². The van der Waals surface area contributed by atoms with E-state index in [4.69, 9.17) is 15.6 Å². The van der Waals surface area contributed by atoms with Crippen molar-refractivity contribution >= 4 is 15.9 Å². The fraction of sp³-hybridized carbons (Fsp3) is 0.300. The SMILES string of the molecule is COc1ccc(S(=O)(=O)NCC(O)C(N)=O)cc1. The zero-order valence-corrected chi connectivity index (χ0v) is 10.5. The van der Waals surface area contributed by atoms with Crippen LogP contribution in [0.4, 0.5) is 0 Å². The van der Waals surface area contributed by atoms with Crippen LogP contribution in [-0.4, -0.2) is 39.2 Å². The van der Waals surface area contributed by atoms with Crippen LogP contribution in [0.3, 0.4) is 0 Å². The number of hydrogen-bond donors (Lipinski definition) is 3. The highest BCUT2D eigenvalue weighted by Gasteiger charge is 2.18. The second-order valence-electron chi connectivity index (χ2n) is 3.45. The molecule has 0 spiro atoms. The van der Waals surface area contributed by atoms with E-state index >= 15 is 0 Å². The zero-order chi connectivity index (χ0) is 13.8. The third-order valence-electron chi connectivity index (χ3n) is 2.16. The quantitative estimate of drug-likeness (QED) is 0.603.